The quantitative estimate of drug-likeness (QED) is 0.770. The third-order valence-electron chi connectivity index (χ3n) is 1.32. The van der Waals surface area contributed by atoms with Crippen molar-refractivity contribution in [2.75, 3.05) is 13.1 Å². The van der Waals surface area contributed by atoms with Gasteiger partial charge in [0.2, 0.25) is 11.8 Å². The minimum absolute atomic E-state index is 0.0700. The summed E-state index contributed by atoms with van der Waals surface area (Å²) in [5.41, 5.74) is 0. The first-order chi connectivity index (χ1) is 7.31. The molecule has 0 radical (unpaired) electrons. The summed E-state index contributed by atoms with van der Waals surface area (Å²) < 4.78 is 0. The smallest absolute Gasteiger partial charge is 0.239 e. The van der Waals surface area contributed by atoms with Crippen molar-refractivity contribution in [1.29, 1.82) is 0 Å². The Morgan fingerprint density at radius 1 is 1.00 bits per heavy atom. The monoisotopic (exact) mass is 230 g/mol. The number of amides is 2. The van der Waals surface area contributed by atoms with E-state index in [2.05, 4.69) is 31.4 Å². The normalized spacial score (nSPS) is 9.50. The van der Waals surface area contributed by atoms with Gasteiger partial charge in [-0.1, -0.05) is 34.6 Å². The fourth-order valence-electron chi connectivity index (χ4n) is 0.631. The summed E-state index contributed by atoms with van der Waals surface area (Å²) in [7, 11) is 0. The third-order valence-corrected chi connectivity index (χ3v) is 1.32. The van der Waals surface area contributed by atoms with E-state index in [-0.39, 0.29) is 24.3 Å². The van der Waals surface area contributed by atoms with E-state index >= 15 is 0 Å². The summed E-state index contributed by atoms with van der Waals surface area (Å²) in [5.74, 6) is 0.521. The van der Waals surface area contributed by atoms with Crippen LogP contribution in [0.4, 0.5) is 0 Å². The molecule has 0 aliphatic rings. The van der Waals surface area contributed by atoms with Gasteiger partial charge in [0, 0.05) is 12.5 Å². The summed E-state index contributed by atoms with van der Waals surface area (Å²) in [5, 5.41) is 5.10. The van der Waals surface area contributed by atoms with Gasteiger partial charge in [0.05, 0.1) is 6.54 Å². The molecule has 0 unspecified atom stereocenters. The summed E-state index contributed by atoms with van der Waals surface area (Å²) >= 11 is 0. The van der Waals surface area contributed by atoms with E-state index < -0.39 is 0 Å². The number of hydrogen-bond acceptors (Lipinski definition) is 2. The highest BCUT2D eigenvalue weighted by Gasteiger charge is 2.07. The lowest BCUT2D eigenvalue weighted by Gasteiger charge is -2.06. The Balaban J connectivity index is 0. The molecule has 0 spiro atoms. The molecule has 0 aromatic heterocycles. The maximum Gasteiger partial charge on any atom is 0.239 e. The van der Waals surface area contributed by atoms with E-state index in [0.717, 1.165) is 5.92 Å². The van der Waals surface area contributed by atoms with Crippen molar-refractivity contribution >= 4 is 11.8 Å². The lowest BCUT2D eigenvalue weighted by atomic mass is 10.2. The Morgan fingerprint density at radius 3 is 1.75 bits per heavy atom. The second kappa shape index (κ2) is 10.5. The Bertz CT molecular complexity index is 198. The van der Waals surface area contributed by atoms with Gasteiger partial charge < -0.3 is 10.6 Å². The van der Waals surface area contributed by atoms with Gasteiger partial charge >= 0.3 is 0 Å². The van der Waals surface area contributed by atoms with Crippen LogP contribution in [0.1, 0.15) is 41.5 Å². The van der Waals surface area contributed by atoms with Crippen LogP contribution in [-0.2, 0) is 9.59 Å². The highest BCUT2D eigenvalue weighted by Crippen LogP contribution is 1.88. The first-order valence-corrected chi connectivity index (χ1v) is 5.85. The van der Waals surface area contributed by atoms with E-state index in [1.807, 2.05) is 6.92 Å². The van der Waals surface area contributed by atoms with Crippen LogP contribution in [-0.4, -0.2) is 24.9 Å². The molecular formula is C12H26N2O2. The molecule has 2 N–H and O–H groups in total. The van der Waals surface area contributed by atoms with Gasteiger partial charge in [-0.15, -0.1) is 0 Å². The van der Waals surface area contributed by atoms with Crippen molar-refractivity contribution in [3.63, 3.8) is 0 Å². The van der Waals surface area contributed by atoms with Crippen molar-refractivity contribution in [3.05, 3.63) is 0 Å². The van der Waals surface area contributed by atoms with E-state index in [1.165, 1.54) is 0 Å². The van der Waals surface area contributed by atoms with Gasteiger partial charge in [0.1, 0.15) is 0 Å². The molecule has 4 nitrogen and oxygen atoms in total. The van der Waals surface area contributed by atoms with E-state index in [4.69, 9.17) is 0 Å². The predicted octanol–water partition coefficient (Wildman–Crippen LogP) is 1.56. The molecule has 0 rings (SSSR count). The molecule has 0 aliphatic heterocycles. The highest BCUT2D eigenvalue weighted by molar-refractivity contribution is 5.85. The van der Waals surface area contributed by atoms with E-state index in [0.29, 0.717) is 6.54 Å². The van der Waals surface area contributed by atoms with Gasteiger partial charge in [-0.2, -0.15) is 0 Å². The zero-order valence-electron chi connectivity index (χ0n) is 11.4. The molecule has 4 heteroatoms. The highest BCUT2D eigenvalue weighted by atomic mass is 16.2. The van der Waals surface area contributed by atoms with Crippen molar-refractivity contribution < 1.29 is 9.59 Å². The maximum atomic E-state index is 11.0. The molecule has 2 amide bonds. The lowest BCUT2D eigenvalue weighted by molar-refractivity contribution is -0.127. The Labute approximate surface area is 99.2 Å². The van der Waals surface area contributed by atoms with Crippen LogP contribution < -0.4 is 10.6 Å². The second-order valence-electron chi connectivity index (χ2n) is 4.56. The lowest BCUT2D eigenvalue weighted by Crippen LogP contribution is -2.38. The topological polar surface area (TPSA) is 58.2 Å². The molecule has 96 valence electrons. The molecule has 0 bridgehead atoms. The summed E-state index contributed by atoms with van der Waals surface area (Å²) in [4.78, 5) is 21.8. The van der Waals surface area contributed by atoms with Crippen LogP contribution in [0.5, 0.6) is 0 Å². The van der Waals surface area contributed by atoms with Crippen molar-refractivity contribution in [3.8, 4) is 0 Å². The number of likely N-dealkylation sites (N-methyl/N-ethyl adjacent to an activating group) is 1. The molecular weight excluding hydrogens is 204 g/mol. The van der Waals surface area contributed by atoms with Crippen molar-refractivity contribution in [2.45, 2.75) is 41.5 Å². The van der Waals surface area contributed by atoms with Crippen molar-refractivity contribution in [2.24, 2.45) is 11.8 Å². The number of carbonyl (C=O) groups is 2. The van der Waals surface area contributed by atoms with Gasteiger partial charge in [-0.3, -0.25) is 9.59 Å². The fourth-order valence-corrected chi connectivity index (χ4v) is 0.631. The predicted molar refractivity (Wildman–Crippen MR) is 67.0 cm³/mol. The molecule has 0 aromatic rings. The van der Waals surface area contributed by atoms with Gasteiger partial charge in [-0.25, -0.2) is 0 Å². The summed E-state index contributed by atoms with van der Waals surface area (Å²) in [6.45, 7) is 12.6. The largest absolute Gasteiger partial charge is 0.355 e. The minimum atomic E-state index is -0.147. The van der Waals surface area contributed by atoms with E-state index in [1.54, 1.807) is 13.8 Å². The van der Waals surface area contributed by atoms with Crippen molar-refractivity contribution in [1.82, 2.24) is 10.6 Å². The van der Waals surface area contributed by atoms with Gasteiger partial charge in [0.15, 0.2) is 0 Å². The van der Waals surface area contributed by atoms with Crippen LogP contribution in [0.2, 0.25) is 0 Å². The number of hydrogen-bond donors (Lipinski definition) is 2. The molecule has 0 fully saturated rings. The number of carbonyl (C=O) groups excluding carboxylic acids is 2. The Hall–Kier alpha value is -1.06. The third kappa shape index (κ3) is 15.4. The van der Waals surface area contributed by atoms with Gasteiger partial charge in [0.25, 0.3) is 0 Å². The van der Waals surface area contributed by atoms with Gasteiger partial charge in [-0.05, 0) is 12.8 Å². The molecule has 0 aromatic carbocycles. The molecule has 16 heavy (non-hydrogen) atoms. The average Bonchev–Trinajstić information content (AvgIpc) is 2.13. The standard InChI is InChI=1S/C8H16N2O2.C4H10/c1-4-9-7(11)5-10-8(12)6(2)3;1-4(2)3/h6H,4-5H2,1-3H3,(H,9,11)(H,10,12);4H,1-3H3. The molecule has 0 atom stereocenters. The molecule has 0 saturated heterocycles. The van der Waals surface area contributed by atoms with Crippen LogP contribution in [0.25, 0.3) is 0 Å². The zero-order chi connectivity index (χ0) is 13.1. The molecule has 0 aliphatic carbocycles. The number of nitrogens with one attached hydrogen (secondary N) is 2. The Morgan fingerprint density at radius 2 is 1.44 bits per heavy atom. The summed E-state index contributed by atoms with van der Waals surface area (Å²) in [6, 6.07) is 0. The SMILES string of the molecule is CC(C)C.CCNC(=O)CNC(=O)C(C)C. The van der Waals surface area contributed by atoms with Crippen LogP contribution >= 0.6 is 0 Å². The van der Waals surface area contributed by atoms with Crippen LogP contribution in [0, 0.1) is 11.8 Å². The maximum absolute atomic E-state index is 11.0. The Kier molecular flexibility index (Phi) is 11.3. The van der Waals surface area contributed by atoms with Crippen LogP contribution in [0.3, 0.4) is 0 Å². The zero-order valence-corrected chi connectivity index (χ0v) is 11.4. The first kappa shape index (κ1) is 17.3. The van der Waals surface area contributed by atoms with E-state index in [9.17, 15) is 9.59 Å². The first-order valence-electron chi connectivity index (χ1n) is 5.85. The average molecular weight is 230 g/mol. The minimum Gasteiger partial charge on any atom is -0.355 e. The van der Waals surface area contributed by atoms with Crippen LogP contribution in [0.15, 0.2) is 0 Å². The number of rotatable bonds is 4. The fraction of sp³-hybridized carbons (Fsp3) is 0.833. The summed E-state index contributed by atoms with van der Waals surface area (Å²) in [6.07, 6.45) is 0. The molecule has 0 heterocycles. The second-order valence-corrected chi connectivity index (χ2v) is 4.56. The molecule has 0 saturated carbocycles.